The van der Waals surface area contributed by atoms with Gasteiger partial charge in [-0.25, -0.2) is 8.42 Å². The third-order valence-corrected chi connectivity index (χ3v) is 6.78. The molecule has 6 nitrogen and oxygen atoms in total. The van der Waals surface area contributed by atoms with Crippen molar-refractivity contribution in [2.45, 2.75) is 16.8 Å². The predicted octanol–water partition coefficient (Wildman–Crippen LogP) is 5.30. The highest BCUT2D eigenvalue weighted by Gasteiger charge is 2.29. The van der Waals surface area contributed by atoms with Crippen molar-refractivity contribution < 1.29 is 17.6 Å². The van der Waals surface area contributed by atoms with Crippen molar-refractivity contribution in [3.05, 3.63) is 71.6 Å². The number of anilines is 2. The van der Waals surface area contributed by atoms with E-state index in [9.17, 15) is 8.42 Å². The fourth-order valence-corrected chi connectivity index (χ4v) is 4.64. The molecule has 0 saturated heterocycles. The number of rotatable bonds is 6. The summed E-state index contributed by atoms with van der Waals surface area (Å²) in [6.45, 7) is 1.90. The second-order valence-electron chi connectivity index (χ2n) is 6.30. The van der Waals surface area contributed by atoms with E-state index < -0.39 is 9.84 Å². The average Bonchev–Trinajstić information content (AvgIpc) is 3.38. The van der Waals surface area contributed by atoms with Gasteiger partial charge in [0.1, 0.15) is 5.75 Å². The van der Waals surface area contributed by atoms with Gasteiger partial charge in [-0.1, -0.05) is 29.8 Å². The van der Waals surface area contributed by atoms with E-state index in [1.807, 2.05) is 24.4 Å². The number of sulfone groups is 1. The zero-order valence-corrected chi connectivity index (χ0v) is 17.4. The Balaban J connectivity index is 1.82. The highest BCUT2D eigenvalue weighted by atomic mass is 32.2. The molecule has 0 amide bonds. The molecule has 0 aliphatic rings. The molecule has 0 saturated carbocycles. The molecule has 0 unspecified atom stereocenters. The SMILES string of the molecule is COc1cccc(Nc2oc(-c3cccs3)nc2S(=O)(=O)c2ccc(C)cc2)c1. The molecular formula is C21H18N2O4S2. The zero-order chi connectivity index (χ0) is 20.4. The summed E-state index contributed by atoms with van der Waals surface area (Å²) < 4.78 is 37.6. The summed E-state index contributed by atoms with van der Waals surface area (Å²) in [4.78, 5) is 5.22. The van der Waals surface area contributed by atoms with E-state index in [4.69, 9.17) is 9.15 Å². The van der Waals surface area contributed by atoms with Crippen LogP contribution in [-0.2, 0) is 9.84 Å². The summed E-state index contributed by atoms with van der Waals surface area (Å²) in [5.41, 5.74) is 1.59. The highest BCUT2D eigenvalue weighted by Crippen LogP contribution is 2.35. The first-order chi connectivity index (χ1) is 14.0. The van der Waals surface area contributed by atoms with E-state index >= 15 is 0 Å². The summed E-state index contributed by atoms with van der Waals surface area (Å²) >= 11 is 1.42. The van der Waals surface area contributed by atoms with Crippen LogP contribution in [0.4, 0.5) is 11.6 Å². The molecule has 0 spiro atoms. The van der Waals surface area contributed by atoms with Gasteiger partial charge in [-0.15, -0.1) is 11.3 Å². The normalized spacial score (nSPS) is 11.4. The van der Waals surface area contributed by atoms with Gasteiger partial charge in [0.2, 0.25) is 26.6 Å². The Kier molecular flexibility index (Phi) is 5.12. The second kappa shape index (κ2) is 7.73. The van der Waals surface area contributed by atoms with Gasteiger partial charge >= 0.3 is 0 Å². The summed E-state index contributed by atoms with van der Waals surface area (Å²) in [6, 6.07) is 17.5. The van der Waals surface area contributed by atoms with Gasteiger partial charge in [0.05, 0.1) is 16.9 Å². The van der Waals surface area contributed by atoms with E-state index in [1.165, 1.54) is 11.3 Å². The number of aromatic nitrogens is 1. The van der Waals surface area contributed by atoms with Crippen LogP contribution in [0.5, 0.6) is 5.75 Å². The standard InChI is InChI=1S/C21H18N2O4S2/c1-14-8-10-17(11-9-14)29(24,25)21-20(22-15-5-3-6-16(13-15)26-2)27-19(23-21)18-7-4-12-28-18/h3-13,22H,1-2H3. The number of methoxy groups -OCH3 is 1. The smallest absolute Gasteiger partial charge is 0.240 e. The third-order valence-electron chi connectivity index (χ3n) is 4.24. The lowest BCUT2D eigenvalue weighted by Gasteiger charge is -2.07. The van der Waals surface area contributed by atoms with Gasteiger partial charge in [-0.3, -0.25) is 0 Å². The van der Waals surface area contributed by atoms with Crippen molar-refractivity contribution in [1.82, 2.24) is 4.98 Å². The second-order valence-corrected chi connectivity index (χ2v) is 9.12. The molecule has 4 aromatic rings. The van der Waals surface area contributed by atoms with Crippen molar-refractivity contribution in [3.63, 3.8) is 0 Å². The van der Waals surface area contributed by atoms with Crippen LogP contribution in [0.3, 0.4) is 0 Å². The van der Waals surface area contributed by atoms with Crippen molar-refractivity contribution in [2.75, 3.05) is 12.4 Å². The maximum Gasteiger partial charge on any atom is 0.240 e. The summed E-state index contributed by atoms with van der Waals surface area (Å²) in [5, 5.41) is 4.75. The Labute approximate surface area is 172 Å². The molecule has 2 heterocycles. The van der Waals surface area contributed by atoms with Crippen LogP contribution in [0.25, 0.3) is 10.8 Å². The molecule has 8 heteroatoms. The van der Waals surface area contributed by atoms with Gasteiger partial charge in [0, 0.05) is 11.8 Å². The lowest BCUT2D eigenvalue weighted by molar-refractivity contribution is 0.415. The largest absolute Gasteiger partial charge is 0.497 e. The van der Waals surface area contributed by atoms with E-state index in [2.05, 4.69) is 10.3 Å². The van der Waals surface area contributed by atoms with Crippen molar-refractivity contribution >= 4 is 32.7 Å². The Morgan fingerprint density at radius 1 is 1.07 bits per heavy atom. The van der Waals surface area contributed by atoms with E-state index in [-0.39, 0.29) is 21.7 Å². The van der Waals surface area contributed by atoms with Crippen LogP contribution in [-0.4, -0.2) is 20.5 Å². The number of ether oxygens (including phenoxy) is 1. The predicted molar refractivity (Wildman–Crippen MR) is 113 cm³/mol. The van der Waals surface area contributed by atoms with Crippen LogP contribution < -0.4 is 10.1 Å². The average molecular weight is 427 g/mol. The first-order valence-corrected chi connectivity index (χ1v) is 11.1. The number of hydrogen-bond acceptors (Lipinski definition) is 7. The minimum Gasteiger partial charge on any atom is -0.497 e. The first kappa shape index (κ1) is 19.2. The Morgan fingerprint density at radius 3 is 2.55 bits per heavy atom. The fourth-order valence-electron chi connectivity index (χ4n) is 2.73. The molecular weight excluding hydrogens is 408 g/mol. The Bertz CT molecular complexity index is 1230. The van der Waals surface area contributed by atoms with Gasteiger partial charge in [-0.2, -0.15) is 4.98 Å². The Morgan fingerprint density at radius 2 is 1.86 bits per heavy atom. The van der Waals surface area contributed by atoms with Gasteiger partial charge < -0.3 is 14.5 Å². The van der Waals surface area contributed by atoms with Crippen LogP contribution in [0, 0.1) is 6.92 Å². The molecule has 1 N–H and O–H groups in total. The van der Waals surface area contributed by atoms with E-state index in [0.29, 0.717) is 11.4 Å². The maximum absolute atomic E-state index is 13.3. The molecule has 0 atom stereocenters. The van der Waals surface area contributed by atoms with Gasteiger partial charge in [0.25, 0.3) is 0 Å². The summed E-state index contributed by atoms with van der Waals surface area (Å²) in [7, 11) is -2.32. The molecule has 2 aromatic heterocycles. The molecule has 148 valence electrons. The molecule has 4 rings (SSSR count). The molecule has 0 fully saturated rings. The minimum atomic E-state index is -3.89. The molecule has 0 aliphatic heterocycles. The molecule has 29 heavy (non-hydrogen) atoms. The lowest BCUT2D eigenvalue weighted by Crippen LogP contribution is -2.05. The van der Waals surface area contributed by atoms with E-state index in [0.717, 1.165) is 10.4 Å². The van der Waals surface area contributed by atoms with Crippen molar-refractivity contribution in [2.24, 2.45) is 0 Å². The number of thiophene rings is 1. The van der Waals surface area contributed by atoms with Crippen LogP contribution in [0.2, 0.25) is 0 Å². The van der Waals surface area contributed by atoms with Crippen LogP contribution >= 0.6 is 11.3 Å². The third kappa shape index (κ3) is 3.90. The molecule has 0 bridgehead atoms. The maximum atomic E-state index is 13.3. The minimum absolute atomic E-state index is 0.0576. The quantitative estimate of drug-likeness (QED) is 0.451. The number of aryl methyl sites for hydroxylation is 1. The topological polar surface area (TPSA) is 81.4 Å². The van der Waals surface area contributed by atoms with Crippen molar-refractivity contribution in [3.8, 4) is 16.5 Å². The summed E-state index contributed by atoms with van der Waals surface area (Å²) in [6.07, 6.45) is 0. The van der Waals surface area contributed by atoms with Gasteiger partial charge in [-0.05, 0) is 42.6 Å². The zero-order valence-electron chi connectivity index (χ0n) is 15.7. The number of nitrogens with zero attached hydrogens (tertiary/aromatic N) is 1. The number of oxazole rings is 1. The van der Waals surface area contributed by atoms with E-state index in [1.54, 1.807) is 55.6 Å². The fraction of sp³-hybridized carbons (Fsp3) is 0.0952. The highest BCUT2D eigenvalue weighted by molar-refractivity contribution is 7.91. The number of hydrogen-bond donors (Lipinski definition) is 1. The first-order valence-electron chi connectivity index (χ1n) is 8.75. The summed E-state index contributed by atoms with van der Waals surface area (Å²) in [5.74, 6) is 0.939. The lowest BCUT2D eigenvalue weighted by atomic mass is 10.2. The van der Waals surface area contributed by atoms with Crippen LogP contribution in [0.1, 0.15) is 5.56 Å². The molecule has 2 aromatic carbocycles. The number of benzene rings is 2. The molecule has 0 radical (unpaired) electrons. The van der Waals surface area contributed by atoms with Crippen LogP contribution in [0.15, 0.2) is 80.4 Å². The molecule has 0 aliphatic carbocycles. The number of nitrogens with one attached hydrogen (secondary N) is 1. The van der Waals surface area contributed by atoms with Crippen molar-refractivity contribution in [1.29, 1.82) is 0 Å². The van der Waals surface area contributed by atoms with Gasteiger partial charge in [0.15, 0.2) is 0 Å². The Hall–Kier alpha value is -3.10. The monoisotopic (exact) mass is 426 g/mol.